The van der Waals surface area contributed by atoms with Gasteiger partial charge in [0.2, 0.25) is 0 Å². The molecule has 1 heterocycles. The molecule has 3 unspecified atom stereocenters. The summed E-state index contributed by atoms with van der Waals surface area (Å²) in [5.41, 5.74) is 4.18. The number of fused-ring (bicyclic) bond motifs is 1. The average molecular weight is 450 g/mol. The van der Waals surface area contributed by atoms with Crippen LogP contribution in [0.4, 0.5) is 0 Å². The van der Waals surface area contributed by atoms with Gasteiger partial charge in [-0.25, -0.2) is 0 Å². The molecule has 31 heavy (non-hydrogen) atoms. The van der Waals surface area contributed by atoms with Crippen molar-refractivity contribution in [3.05, 3.63) is 65.5 Å². The van der Waals surface area contributed by atoms with E-state index in [1.54, 1.807) is 0 Å². The number of carbonyl (C=O) groups is 1. The quantitative estimate of drug-likeness (QED) is 0.288. The number of aromatic nitrogens is 1. The number of benzene rings is 1. The molecule has 6 heteroatoms. The monoisotopic (exact) mass is 449 g/mol. The number of carboxylic acid groups (broad SMARTS) is 1. The second-order valence-electron chi connectivity index (χ2n) is 8.18. The average Bonchev–Trinajstić information content (AvgIpc) is 3.21. The first-order valence-corrected chi connectivity index (χ1v) is 11.0. The van der Waals surface area contributed by atoms with Crippen molar-refractivity contribution < 1.29 is 71.5 Å². The third-order valence-corrected chi connectivity index (χ3v) is 5.86. The Hall–Kier alpha value is -0.734. The molecule has 0 aliphatic heterocycles. The summed E-state index contributed by atoms with van der Waals surface area (Å²) in [4.78, 5) is 10.8. The Labute approximate surface area is 227 Å². The van der Waals surface area contributed by atoms with Crippen LogP contribution in [0.3, 0.4) is 0 Å². The molecule has 0 bridgehead atoms. The maximum Gasteiger partial charge on any atom is 1.00 e. The Bertz CT molecular complexity index is 862. The number of para-hydroxylation sites is 1. The number of rotatable bonds is 11. The molecule has 0 amide bonds. The van der Waals surface area contributed by atoms with Crippen molar-refractivity contribution >= 4 is 5.97 Å². The van der Waals surface area contributed by atoms with Crippen LogP contribution in [0.25, 0.3) is 5.69 Å². The molecule has 0 saturated heterocycles. The van der Waals surface area contributed by atoms with Crippen molar-refractivity contribution in [3.63, 3.8) is 0 Å². The summed E-state index contributed by atoms with van der Waals surface area (Å²) >= 11 is 0. The van der Waals surface area contributed by atoms with Gasteiger partial charge in [-0.05, 0) is 49.4 Å². The number of aliphatic hydroxyl groups is 2. The van der Waals surface area contributed by atoms with Crippen LogP contribution in [0.5, 0.6) is 0 Å². The number of carboxylic acids is 1. The SMILES string of the molecule is CCCCCC(O)C=CC1c2cc(CCCC(=O)[O-])n(-c3ccccc3)c2CC1O.[K+]. The molecule has 2 N–H and O–H groups in total. The van der Waals surface area contributed by atoms with E-state index < -0.39 is 18.2 Å². The number of aryl methyl sites for hydroxylation is 1. The second-order valence-corrected chi connectivity index (χ2v) is 8.18. The van der Waals surface area contributed by atoms with Crippen LogP contribution >= 0.6 is 0 Å². The van der Waals surface area contributed by atoms with E-state index in [0.717, 1.165) is 48.3 Å². The van der Waals surface area contributed by atoms with E-state index in [-0.39, 0.29) is 63.7 Å². The van der Waals surface area contributed by atoms with E-state index in [0.29, 0.717) is 19.3 Å². The molecule has 1 aliphatic carbocycles. The van der Waals surface area contributed by atoms with Gasteiger partial charge in [0.1, 0.15) is 0 Å². The van der Waals surface area contributed by atoms with Crippen molar-refractivity contribution in [2.45, 2.75) is 76.4 Å². The predicted molar refractivity (Wildman–Crippen MR) is 115 cm³/mol. The van der Waals surface area contributed by atoms with E-state index in [2.05, 4.69) is 17.6 Å². The van der Waals surface area contributed by atoms with E-state index >= 15 is 0 Å². The maximum atomic E-state index is 10.8. The van der Waals surface area contributed by atoms with E-state index in [1.165, 1.54) is 0 Å². The molecule has 0 radical (unpaired) electrons. The normalized spacial score (nSPS) is 18.7. The summed E-state index contributed by atoms with van der Waals surface area (Å²) in [6, 6.07) is 12.0. The van der Waals surface area contributed by atoms with Gasteiger partial charge in [0.25, 0.3) is 0 Å². The molecule has 2 aromatic rings. The topological polar surface area (TPSA) is 85.5 Å². The Balaban J connectivity index is 0.00000341. The zero-order valence-corrected chi connectivity index (χ0v) is 21.8. The van der Waals surface area contributed by atoms with Crippen LogP contribution in [-0.2, 0) is 17.6 Å². The standard InChI is InChI=1S/C25H33NO4.K/c1-2-3-5-12-20(27)14-15-21-22-16-19(11-8-13-25(29)30)26(23(22)17-24(21)28)18-9-6-4-7-10-18;/h4,6-7,9-10,14-16,20-21,24,27-28H,2-3,5,8,11-13,17H2,1H3,(H,29,30);/q;+1/p-1. The fourth-order valence-corrected chi connectivity index (χ4v) is 4.34. The Kier molecular flexibility index (Phi) is 11.2. The minimum absolute atomic E-state index is 0. The van der Waals surface area contributed by atoms with E-state index in [1.807, 2.05) is 42.5 Å². The van der Waals surface area contributed by atoms with Gasteiger partial charge in [-0.15, -0.1) is 0 Å². The molecule has 162 valence electrons. The first kappa shape index (κ1) is 26.5. The molecule has 3 atom stereocenters. The summed E-state index contributed by atoms with van der Waals surface area (Å²) in [5.74, 6) is -1.20. The van der Waals surface area contributed by atoms with Crippen LogP contribution < -0.4 is 56.5 Å². The van der Waals surface area contributed by atoms with Gasteiger partial charge >= 0.3 is 51.4 Å². The van der Waals surface area contributed by atoms with Crippen molar-refractivity contribution in [2.24, 2.45) is 0 Å². The van der Waals surface area contributed by atoms with Crippen LogP contribution in [0.15, 0.2) is 48.6 Å². The smallest absolute Gasteiger partial charge is 0.550 e. The minimum Gasteiger partial charge on any atom is -0.550 e. The van der Waals surface area contributed by atoms with Crippen molar-refractivity contribution in [3.8, 4) is 5.69 Å². The summed E-state index contributed by atoms with van der Waals surface area (Å²) in [5, 5.41) is 31.8. The van der Waals surface area contributed by atoms with Gasteiger partial charge in [-0.3, -0.25) is 0 Å². The molecule has 5 nitrogen and oxygen atoms in total. The maximum absolute atomic E-state index is 10.8. The molecule has 0 spiro atoms. The first-order valence-electron chi connectivity index (χ1n) is 11.0. The second kappa shape index (κ2) is 13.1. The Morgan fingerprint density at radius 2 is 2.00 bits per heavy atom. The summed E-state index contributed by atoms with van der Waals surface area (Å²) in [7, 11) is 0. The number of hydrogen-bond acceptors (Lipinski definition) is 4. The molecule has 0 fully saturated rings. The van der Waals surface area contributed by atoms with Gasteiger partial charge in [0, 0.05) is 35.4 Å². The van der Waals surface area contributed by atoms with Crippen LogP contribution in [-0.4, -0.2) is 33.0 Å². The molecular weight excluding hydrogens is 417 g/mol. The third-order valence-electron chi connectivity index (χ3n) is 5.86. The third kappa shape index (κ3) is 7.12. The zero-order chi connectivity index (χ0) is 21.5. The Morgan fingerprint density at radius 1 is 1.26 bits per heavy atom. The van der Waals surface area contributed by atoms with Gasteiger partial charge < -0.3 is 24.7 Å². The fourth-order valence-electron chi connectivity index (χ4n) is 4.34. The molecule has 0 saturated carbocycles. The zero-order valence-electron chi connectivity index (χ0n) is 18.7. The van der Waals surface area contributed by atoms with Crippen LogP contribution in [0.1, 0.15) is 68.3 Å². The summed E-state index contributed by atoms with van der Waals surface area (Å²) in [6.07, 6.45) is 8.39. The van der Waals surface area contributed by atoms with Crippen molar-refractivity contribution in [1.82, 2.24) is 4.57 Å². The number of unbranched alkanes of at least 4 members (excludes halogenated alkanes) is 2. The van der Waals surface area contributed by atoms with Gasteiger partial charge in [-0.2, -0.15) is 0 Å². The molecule has 1 aromatic carbocycles. The minimum atomic E-state index is -1.03. The van der Waals surface area contributed by atoms with Crippen LogP contribution in [0, 0.1) is 0 Å². The molecule has 3 rings (SSSR count). The number of hydrogen-bond donors (Lipinski definition) is 2. The number of carbonyl (C=O) groups excluding carboxylic acids is 1. The number of aliphatic hydroxyl groups excluding tert-OH is 2. The number of nitrogens with zero attached hydrogens (tertiary/aromatic N) is 1. The van der Waals surface area contributed by atoms with Crippen molar-refractivity contribution in [2.75, 3.05) is 0 Å². The van der Waals surface area contributed by atoms with Crippen LogP contribution in [0.2, 0.25) is 0 Å². The summed E-state index contributed by atoms with van der Waals surface area (Å²) in [6.45, 7) is 2.14. The van der Waals surface area contributed by atoms with Gasteiger partial charge in [0.05, 0.1) is 12.2 Å². The van der Waals surface area contributed by atoms with E-state index in [9.17, 15) is 20.1 Å². The fraction of sp³-hybridized carbons (Fsp3) is 0.480. The molecule has 1 aromatic heterocycles. The Morgan fingerprint density at radius 3 is 2.68 bits per heavy atom. The summed E-state index contributed by atoms with van der Waals surface area (Å²) < 4.78 is 2.15. The predicted octanol–water partition coefficient (Wildman–Crippen LogP) is 0.0519. The van der Waals surface area contributed by atoms with Gasteiger partial charge in [0.15, 0.2) is 0 Å². The van der Waals surface area contributed by atoms with Crippen molar-refractivity contribution in [1.29, 1.82) is 0 Å². The molecule has 1 aliphatic rings. The largest absolute Gasteiger partial charge is 1.00 e. The van der Waals surface area contributed by atoms with E-state index in [4.69, 9.17) is 0 Å². The van der Waals surface area contributed by atoms with Gasteiger partial charge in [-0.1, -0.05) is 56.5 Å². The molecular formula is C25H32KNO4. The number of aliphatic carboxylic acids is 1. The first-order chi connectivity index (χ1) is 14.5.